The first kappa shape index (κ1) is 25.1. The minimum absolute atomic E-state index is 0.135. The minimum atomic E-state index is -0.486. The Labute approximate surface area is 215 Å². The number of benzene rings is 4. The lowest BCUT2D eigenvalue weighted by molar-refractivity contribution is -0.115. The molecule has 2 amide bonds. The number of ether oxygens (including phenoxy) is 1. The zero-order valence-corrected chi connectivity index (χ0v) is 21.0. The first-order valence-electron chi connectivity index (χ1n) is 11.8. The van der Waals surface area contributed by atoms with Crippen LogP contribution in [0.3, 0.4) is 0 Å². The van der Waals surface area contributed by atoms with Gasteiger partial charge in [-0.05, 0) is 74.0 Å². The van der Waals surface area contributed by atoms with E-state index in [1.54, 1.807) is 6.07 Å². The van der Waals surface area contributed by atoms with Crippen LogP contribution in [0, 0.1) is 6.92 Å². The van der Waals surface area contributed by atoms with E-state index in [9.17, 15) is 9.59 Å². The molecule has 0 radical (unpaired) electrons. The van der Waals surface area contributed by atoms with Crippen molar-refractivity contribution in [2.75, 3.05) is 17.2 Å². The highest BCUT2D eigenvalue weighted by molar-refractivity contribution is 8.00. The van der Waals surface area contributed by atoms with Crippen LogP contribution in [0.4, 0.5) is 11.4 Å². The van der Waals surface area contributed by atoms with Gasteiger partial charge in [-0.1, -0.05) is 54.1 Å². The summed E-state index contributed by atoms with van der Waals surface area (Å²) in [7, 11) is 0. The number of carbonyl (C=O) groups excluding carboxylic acids is 2. The molecular weight excluding hydrogens is 468 g/mol. The lowest BCUT2D eigenvalue weighted by Gasteiger charge is -2.18. The molecule has 182 valence electrons. The van der Waals surface area contributed by atoms with Gasteiger partial charge in [-0.25, -0.2) is 0 Å². The maximum atomic E-state index is 13.4. The van der Waals surface area contributed by atoms with E-state index >= 15 is 0 Å². The van der Waals surface area contributed by atoms with Crippen molar-refractivity contribution in [1.29, 1.82) is 0 Å². The fraction of sp³-hybridized carbons (Fsp3) is 0.133. The van der Waals surface area contributed by atoms with Crippen molar-refractivity contribution < 1.29 is 14.3 Å². The molecule has 0 bridgehead atoms. The SMILES string of the molecule is CCOc1ccc(NC(=O)C(Sc2cccc(NC(=O)c3cccc(C)c3)c2)c2ccccc2)cc1. The van der Waals surface area contributed by atoms with E-state index in [1.807, 2.05) is 111 Å². The van der Waals surface area contributed by atoms with Gasteiger partial charge < -0.3 is 15.4 Å². The first-order chi connectivity index (χ1) is 17.5. The molecule has 4 rings (SSSR count). The monoisotopic (exact) mass is 496 g/mol. The molecule has 0 heterocycles. The van der Waals surface area contributed by atoms with Crippen LogP contribution in [-0.2, 0) is 4.79 Å². The molecular formula is C30H28N2O3S. The number of hydrogen-bond donors (Lipinski definition) is 2. The summed E-state index contributed by atoms with van der Waals surface area (Å²) in [4.78, 5) is 26.9. The standard InChI is InChI=1S/C30H28N2O3S/c1-3-35-26-17-15-24(16-18-26)31-30(34)28(22-10-5-4-6-11-22)36-27-14-8-13-25(20-27)32-29(33)23-12-7-9-21(2)19-23/h4-20,28H,3H2,1-2H3,(H,31,34)(H,32,33). The summed E-state index contributed by atoms with van der Waals surface area (Å²) in [6.45, 7) is 4.47. The molecule has 0 saturated carbocycles. The summed E-state index contributed by atoms with van der Waals surface area (Å²) in [6, 6.07) is 32.0. The van der Waals surface area contributed by atoms with Crippen LogP contribution in [0.15, 0.2) is 108 Å². The van der Waals surface area contributed by atoms with E-state index in [-0.39, 0.29) is 11.8 Å². The zero-order valence-electron chi connectivity index (χ0n) is 20.2. The summed E-state index contributed by atoms with van der Waals surface area (Å²) >= 11 is 1.43. The lowest BCUT2D eigenvalue weighted by atomic mass is 10.1. The molecule has 0 aliphatic heterocycles. The number of amides is 2. The predicted octanol–water partition coefficient (Wildman–Crippen LogP) is 7.12. The van der Waals surface area contributed by atoms with Crippen molar-refractivity contribution >= 4 is 35.0 Å². The Bertz CT molecular complexity index is 1320. The molecule has 6 heteroatoms. The summed E-state index contributed by atoms with van der Waals surface area (Å²) < 4.78 is 5.49. The summed E-state index contributed by atoms with van der Waals surface area (Å²) in [5.41, 5.74) is 3.88. The number of hydrogen-bond acceptors (Lipinski definition) is 4. The van der Waals surface area contributed by atoms with E-state index < -0.39 is 5.25 Å². The molecule has 1 unspecified atom stereocenters. The lowest BCUT2D eigenvalue weighted by Crippen LogP contribution is -2.19. The van der Waals surface area contributed by atoms with Crippen molar-refractivity contribution in [3.05, 3.63) is 120 Å². The molecule has 4 aromatic rings. The van der Waals surface area contributed by atoms with Crippen LogP contribution in [0.5, 0.6) is 5.75 Å². The first-order valence-corrected chi connectivity index (χ1v) is 12.6. The van der Waals surface area contributed by atoms with E-state index in [0.29, 0.717) is 23.5 Å². The van der Waals surface area contributed by atoms with Crippen LogP contribution in [0.1, 0.15) is 33.7 Å². The Morgan fingerprint density at radius 2 is 1.56 bits per heavy atom. The number of aryl methyl sites for hydroxylation is 1. The van der Waals surface area contributed by atoms with Crippen LogP contribution in [0.25, 0.3) is 0 Å². The number of nitrogens with one attached hydrogen (secondary N) is 2. The Balaban J connectivity index is 1.51. The van der Waals surface area contributed by atoms with Crippen LogP contribution >= 0.6 is 11.8 Å². The molecule has 2 N–H and O–H groups in total. The average molecular weight is 497 g/mol. The molecule has 0 fully saturated rings. The van der Waals surface area contributed by atoms with Crippen molar-refractivity contribution in [3.63, 3.8) is 0 Å². The fourth-order valence-electron chi connectivity index (χ4n) is 3.68. The van der Waals surface area contributed by atoms with Gasteiger partial charge in [0.05, 0.1) is 6.61 Å². The third-order valence-electron chi connectivity index (χ3n) is 5.40. The Morgan fingerprint density at radius 3 is 2.28 bits per heavy atom. The molecule has 0 aliphatic carbocycles. The van der Waals surface area contributed by atoms with Crippen LogP contribution < -0.4 is 15.4 Å². The molecule has 0 aromatic heterocycles. The van der Waals surface area contributed by atoms with Gasteiger partial charge in [0.15, 0.2) is 0 Å². The quantitative estimate of drug-likeness (QED) is 0.242. The maximum Gasteiger partial charge on any atom is 0.255 e. The molecule has 1 atom stereocenters. The van der Waals surface area contributed by atoms with Crippen molar-refractivity contribution in [2.45, 2.75) is 24.0 Å². The summed E-state index contributed by atoms with van der Waals surface area (Å²) in [5, 5.41) is 5.49. The van der Waals surface area contributed by atoms with Gasteiger partial charge in [0.1, 0.15) is 11.0 Å². The molecule has 0 aliphatic rings. The summed E-state index contributed by atoms with van der Waals surface area (Å²) in [5.74, 6) is 0.451. The second-order valence-electron chi connectivity index (χ2n) is 8.21. The Kier molecular flexibility index (Phi) is 8.42. The molecule has 4 aromatic carbocycles. The van der Waals surface area contributed by atoms with E-state index in [1.165, 1.54) is 11.8 Å². The van der Waals surface area contributed by atoms with Crippen molar-refractivity contribution in [1.82, 2.24) is 0 Å². The summed E-state index contributed by atoms with van der Waals surface area (Å²) in [6.07, 6.45) is 0. The van der Waals surface area contributed by atoms with Crippen molar-refractivity contribution in [3.8, 4) is 5.75 Å². The number of carbonyl (C=O) groups is 2. The van der Waals surface area contributed by atoms with E-state index in [0.717, 1.165) is 21.8 Å². The minimum Gasteiger partial charge on any atom is -0.494 e. The van der Waals surface area contributed by atoms with Crippen LogP contribution in [-0.4, -0.2) is 18.4 Å². The van der Waals surface area contributed by atoms with Gasteiger partial charge in [-0.2, -0.15) is 0 Å². The van der Waals surface area contributed by atoms with Gasteiger partial charge in [0, 0.05) is 21.8 Å². The second-order valence-corrected chi connectivity index (χ2v) is 9.39. The van der Waals surface area contributed by atoms with Gasteiger partial charge in [0.2, 0.25) is 5.91 Å². The third kappa shape index (κ3) is 6.77. The van der Waals surface area contributed by atoms with Crippen molar-refractivity contribution in [2.24, 2.45) is 0 Å². The highest BCUT2D eigenvalue weighted by atomic mass is 32.2. The Morgan fingerprint density at radius 1 is 0.806 bits per heavy atom. The number of rotatable bonds is 9. The normalized spacial score (nSPS) is 11.4. The average Bonchev–Trinajstić information content (AvgIpc) is 2.89. The predicted molar refractivity (Wildman–Crippen MR) is 147 cm³/mol. The highest BCUT2D eigenvalue weighted by Gasteiger charge is 2.22. The largest absolute Gasteiger partial charge is 0.494 e. The van der Waals surface area contributed by atoms with Crippen LogP contribution in [0.2, 0.25) is 0 Å². The topological polar surface area (TPSA) is 67.4 Å². The Hall–Kier alpha value is -4.03. The van der Waals surface area contributed by atoms with Gasteiger partial charge >= 0.3 is 0 Å². The fourth-order valence-corrected chi connectivity index (χ4v) is 4.77. The molecule has 36 heavy (non-hydrogen) atoms. The van der Waals surface area contributed by atoms with E-state index in [4.69, 9.17) is 4.74 Å². The van der Waals surface area contributed by atoms with Gasteiger partial charge in [-0.15, -0.1) is 11.8 Å². The van der Waals surface area contributed by atoms with Gasteiger partial charge in [0.25, 0.3) is 5.91 Å². The molecule has 0 saturated heterocycles. The maximum absolute atomic E-state index is 13.4. The smallest absolute Gasteiger partial charge is 0.255 e. The molecule has 0 spiro atoms. The highest BCUT2D eigenvalue weighted by Crippen LogP contribution is 2.37. The zero-order chi connectivity index (χ0) is 25.3. The number of anilines is 2. The van der Waals surface area contributed by atoms with E-state index in [2.05, 4.69) is 10.6 Å². The number of thioether (sulfide) groups is 1. The third-order valence-corrected chi connectivity index (χ3v) is 6.65. The second kappa shape index (κ2) is 12.1. The van der Waals surface area contributed by atoms with Gasteiger partial charge in [-0.3, -0.25) is 9.59 Å². The molecule has 5 nitrogen and oxygen atoms in total.